The molecule has 2 rings (SSSR count). The zero-order chi connectivity index (χ0) is 26.2. The van der Waals surface area contributed by atoms with E-state index >= 15 is 0 Å². The summed E-state index contributed by atoms with van der Waals surface area (Å²) in [6, 6.07) is 5.39. The van der Waals surface area contributed by atoms with E-state index in [0.29, 0.717) is 6.07 Å². The molecule has 186 valence electrons. The number of nitrogens with zero attached hydrogens (tertiary/aromatic N) is 1. The number of amides is 3. The zero-order valence-electron chi connectivity index (χ0n) is 18.8. The van der Waals surface area contributed by atoms with Crippen LogP contribution in [-0.4, -0.2) is 25.2 Å². The fraction of sp³-hybridized carbons (Fsp3) is 0.174. The molecule has 35 heavy (non-hydrogen) atoms. The first kappa shape index (κ1) is 27.4. The first-order chi connectivity index (χ1) is 16.5. The Bertz CT molecular complexity index is 1190. The number of urea groups is 1. The van der Waals surface area contributed by atoms with E-state index in [1.54, 1.807) is 13.8 Å². The maximum Gasteiger partial charge on any atom is 0.417 e. The van der Waals surface area contributed by atoms with Crippen molar-refractivity contribution >= 4 is 41.1 Å². The maximum absolute atomic E-state index is 14.5. The second-order valence-electron chi connectivity index (χ2n) is 6.70. The highest BCUT2D eigenvalue weighted by Gasteiger charge is 2.33. The Morgan fingerprint density at radius 3 is 2.37 bits per heavy atom. The minimum atomic E-state index is -4.71. The number of hydrogen-bond donors (Lipinski definition) is 3. The van der Waals surface area contributed by atoms with Gasteiger partial charge in [0.25, 0.3) is 5.91 Å². The predicted octanol–water partition coefficient (Wildman–Crippen LogP) is 6.15. The number of ether oxygens (including phenoxy) is 1. The van der Waals surface area contributed by atoms with Gasteiger partial charge in [-0.05, 0) is 50.3 Å². The van der Waals surface area contributed by atoms with Crippen LogP contribution in [0.3, 0.4) is 0 Å². The number of alkyl halides is 3. The van der Waals surface area contributed by atoms with Crippen LogP contribution in [-0.2, 0) is 11.0 Å². The normalized spacial score (nSPS) is 12.5. The van der Waals surface area contributed by atoms with E-state index < -0.39 is 34.5 Å². The first-order valence-corrected chi connectivity index (χ1v) is 10.4. The van der Waals surface area contributed by atoms with Crippen molar-refractivity contribution in [3.05, 3.63) is 76.4 Å². The van der Waals surface area contributed by atoms with Gasteiger partial charge >= 0.3 is 12.2 Å². The van der Waals surface area contributed by atoms with E-state index in [0.717, 1.165) is 12.1 Å². The van der Waals surface area contributed by atoms with Crippen molar-refractivity contribution < 1.29 is 31.9 Å². The molecule has 0 aliphatic heterocycles. The van der Waals surface area contributed by atoms with E-state index in [1.165, 1.54) is 43.6 Å². The Morgan fingerprint density at radius 2 is 1.80 bits per heavy atom. The summed E-state index contributed by atoms with van der Waals surface area (Å²) in [5.74, 6) is -1.06. The molecule has 0 aliphatic rings. The maximum atomic E-state index is 14.5. The molecule has 0 bridgehead atoms. The van der Waals surface area contributed by atoms with E-state index in [-0.39, 0.29) is 28.6 Å². The van der Waals surface area contributed by atoms with Gasteiger partial charge in [0.05, 0.1) is 16.3 Å². The van der Waals surface area contributed by atoms with Crippen LogP contribution in [0.4, 0.5) is 33.7 Å². The van der Waals surface area contributed by atoms with Crippen molar-refractivity contribution in [2.45, 2.75) is 20.0 Å². The highest BCUT2D eigenvalue weighted by atomic mass is 35.5. The number of rotatable bonds is 7. The summed E-state index contributed by atoms with van der Waals surface area (Å²) in [6.45, 7) is 3.27. The second-order valence-corrected chi connectivity index (χ2v) is 7.11. The monoisotopic (exact) mass is 512 g/mol. The summed E-state index contributed by atoms with van der Waals surface area (Å²) in [6.07, 6.45) is -0.393. The van der Waals surface area contributed by atoms with E-state index in [4.69, 9.17) is 16.3 Å². The van der Waals surface area contributed by atoms with Gasteiger partial charge in [0, 0.05) is 31.1 Å². The molecule has 3 N–H and O–H groups in total. The highest BCUT2D eigenvalue weighted by molar-refractivity contribution is 6.31. The molecule has 0 aliphatic carbocycles. The molecule has 0 saturated heterocycles. The lowest BCUT2D eigenvalue weighted by molar-refractivity contribution is -0.137. The van der Waals surface area contributed by atoms with E-state index in [1.807, 2.05) is 0 Å². The molecule has 0 spiro atoms. The van der Waals surface area contributed by atoms with Crippen LogP contribution in [0.1, 0.15) is 19.4 Å². The molecule has 0 radical (unpaired) electrons. The molecular weight excluding hydrogens is 492 g/mol. The lowest BCUT2D eigenvalue weighted by atomic mass is 10.2. The van der Waals surface area contributed by atoms with Crippen molar-refractivity contribution in [3.63, 3.8) is 0 Å². The number of halogens is 5. The van der Waals surface area contributed by atoms with Crippen molar-refractivity contribution in [2.75, 3.05) is 17.7 Å². The average molecular weight is 513 g/mol. The number of allylic oxidation sites excluding steroid dienone is 2. The van der Waals surface area contributed by atoms with Gasteiger partial charge in [-0.3, -0.25) is 9.79 Å². The summed E-state index contributed by atoms with van der Waals surface area (Å²) < 4.78 is 59.0. The average Bonchev–Trinajstić information content (AvgIpc) is 2.79. The molecule has 3 amide bonds. The number of carbonyl (C=O) groups excluding carboxylic acids is 2. The Hall–Kier alpha value is -3.86. The summed E-state index contributed by atoms with van der Waals surface area (Å²) in [7, 11) is 1.44. The van der Waals surface area contributed by atoms with Gasteiger partial charge in [0.15, 0.2) is 0 Å². The molecule has 12 heteroatoms. The SMILES string of the molecule is C\C=N/C(=C\C(=C/C)Oc1ccc(NC(=O)Nc2ccc(Cl)c(C(F)(F)F)c2)c(F)c1)C(=O)NC. The predicted molar refractivity (Wildman–Crippen MR) is 126 cm³/mol. The van der Waals surface area contributed by atoms with Crippen molar-refractivity contribution in [3.8, 4) is 5.75 Å². The summed E-state index contributed by atoms with van der Waals surface area (Å²) in [5, 5.41) is 6.30. The molecule has 7 nitrogen and oxygen atoms in total. The molecule has 2 aromatic rings. The fourth-order valence-electron chi connectivity index (χ4n) is 2.64. The molecule has 0 atom stereocenters. The highest BCUT2D eigenvalue weighted by Crippen LogP contribution is 2.36. The smallest absolute Gasteiger partial charge is 0.417 e. The molecular formula is C23H21ClF4N4O3. The number of anilines is 2. The van der Waals surface area contributed by atoms with Crippen molar-refractivity contribution in [1.82, 2.24) is 5.32 Å². The van der Waals surface area contributed by atoms with Gasteiger partial charge in [-0.2, -0.15) is 13.2 Å². The van der Waals surface area contributed by atoms with Crippen LogP contribution in [0, 0.1) is 5.82 Å². The molecule has 2 aromatic carbocycles. The third kappa shape index (κ3) is 7.85. The Morgan fingerprint density at radius 1 is 1.09 bits per heavy atom. The van der Waals surface area contributed by atoms with Gasteiger partial charge in [-0.1, -0.05) is 11.6 Å². The third-order valence-corrected chi connectivity index (χ3v) is 4.58. The van der Waals surface area contributed by atoms with Crippen LogP contribution in [0.2, 0.25) is 5.02 Å². The van der Waals surface area contributed by atoms with Gasteiger partial charge in [-0.25, -0.2) is 9.18 Å². The molecule has 0 fully saturated rings. The topological polar surface area (TPSA) is 91.8 Å². The quantitative estimate of drug-likeness (QED) is 0.137. The largest absolute Gasteiger partial charge is 0.458 e. The summed E-state index contributed by atoms with van der Waals surface area (Å²) >= 11 is 5.55. The van der Waals surface area contributed by atoms with E-state index in [2.05, 4.69) is 20.9 Å². The Balaban J connectivity index is 2.13. The standard InChI is InChI=1S/C23H21ClF4N4O3/c1-4-14(12-20(30-5-2)21(33)29-3)35-15-7-9-19(18(25)11-15)32-22(34)31-13-6-8-17(24)16(10-13)23(26,27)28/h4-12H,1-3H3,(H,29,33)(H2,31,32,34)/b14-4+,20-12-,30-5-. The minimum Gasteiger partial charge on any atom is -0.458 e. The minimum absolute atomic E-state index is 0.0575. The lowest BCUT2D eigenvalue weighted by Crippen LogP contribution is -2.20. The zero-order valence-corrected chi connectivity index (χ0v) is 19.5. The molecule has 0 heterocycles. The van der Waals surface area contributed by atoms with Crippen LogP contribution in [0.15, 0.2) is 65.0 Å². The summed E-state index contributed by atoms with van der Waals surface area (Å²) in [4.78, 5) is 28.0. The number of carbonyl (C=O) groups is 2. The Labute approximate surface area is 203 Å². The van der Waals surface area contributed by atoms with Crippen molar-refractivity contribution in [2.24, 2.45) is 4.99 Å². The van der Waals surface area contributed by atoms with Gasteiger partial charge < -0.3 is 20.7 Å². The summed E-state index contributed by atoms with van der Waals surface area (Å²) in [5.41, 5.74) is -1.50. The van der Waals surface area contributed by atoms with Crippen LogP contribution < -0.4 is 20.7 Å². The molecule has 0 aromatic heterocycles. The Kier molecular flexibility index (Phi) is 9.41. The van der Waals surface area contributed by atoms with Gasteiger partial charge in [0.2, 0.25) is 0 Å². The van der Waals surface area contributed by atoms with Crippen LogP contribution in [0.25, 0.3) is 0 Å². The van der Waals surface area contributed by atoms with Crippen molar-refractivity contribution in [1.29, 1.82) is 0 Å². The number of hydrogen-bond acceptors (Lipinski definition) is 4. The van der Waals surface area contributed by atoms with Crippen LogP contribution >= 0.6 is 11.6 Å². The van der Waals surface area contributed by atoms with Gasteiger partial charge in [0.1, 0.15) is 23.0 Å². The second kappa shape index (κ2) is 12.0. The molecule has 0 unspecified atom stereocenters. The third-order valence-electron chi connectivity index (χ3n) is 4.25. The van der Waals surface area contributed by atoms with Gasteiger partial charge in [-0.15, -0.1) is 0 Å². The molecule has 0 saturated carbocycles. The van der Waals surface area contributed by atoms with Crippen LogP contribution in [0.5, 0.6) is 5.75 Å². The number of nitrogens with one attached hydrogen (secondary N) is 3. The lowest BCUT2D eigenvalue weighted by Gasteiger charge is -2.13. The number of benzene rings is 2. The number of likely N-dealkylation sites (N-methyl/N-ethyl adjacent to an activating group) is 1. The van der Waals surface area contributed by atoms with E-state index in [9.17, 15) is 27.2 Å². The number of aliphatic imine (C=N–C) groups is 1. The fourth-order valence-corrected chi connectivity index (χ4v) is 2.86. The first-order valence-electron chi connectivity index (χ1n) is 9.99.